The minimum absolute atomic E-state index is 0.139. The predicted octanol–water partition coefficient (Wildman–Crippen LogP) is -1.75. The summed E-state index contributed by atoms with van der Waals surface area (Å²) in [5.41, 5.74) is 0. The van der Waals surface area contributed by atoms with Gasteiger partial charge in [0, 0.05) is 6.23 Å². The van der Waals surface area contributed by atoms with Crippen molar-refractivity contribution >= 4 is 30.0 Å². The van der Waals surface area contributed by atoms with Gasteiger partial charge in [-0.15, -0.1) is 0 Å². The van der Waals surface area contributed by atoms with E-state index in [1.54, 1.807) is 0 Å². The molecule has 0 aliphatic carbocycles. The van der Waals surface area contributed by atoms with Crippen LogP contribution in [0.5, 0.6) is 0 Å². The Hall–Kier alpha value is 0.571. The zero-order valence-electron chi connectivity index (χ0n) is 6.35. The van der Waals surface area contributed by atoms with Crippen LogP contribution in [0.15, 0.2) is 0 Å². The summed E-state index contributed by atoms with van der Waals surface area (Å²) in [6.07, 6.45) is 2.26. The molecule has 0 bridgehead atoms. The molecule has 5 heteroatoms. The molecule has 0 spiro atoms. The normalized spacial score (nSPS) is 13.0. The van der Waals surface area contributed by atoms with Gasteiger partial charge in [-0.25, -0.2) is 0 Å². The maximum Gasteiger partial charge on any atom is 0.170 e. The minimum Gasteiger partial charge on any atom is -0.466 e. The van der Waals surface area contributed by atoms with Gasteiger partial charge in [-0.3, -0.25) is 0 Å². The van der Waals surface area contributed by atoms with E-state index in [1.807, 2.05) is 0 Å². The lowest BCUT2D eigenvalue weighted by atomic mass is 10.6. The van der Waals surface area contributed by atoms with Crippen LogP contribution in [0.25, 0.3) is 0 Å². The van der Waals surface area contributed by atoms with Crippen LogP contribution in [0.2, 0.25) is 6.04 Å². The first-order valence-electron chi connectivity index (χ1n) is 3.48. The molecule has 0 N–H and O–H groups in total. The predicted molar refractivity (Wildman–Crippen MR) is 49.2 cm³/mol. The van der Waals surface area contributed by atoms with Crippen LogP contribution in [-0.4, -0.2) is 36.2 Å². The molecule has 0 rings (SSSR count). The highest BCUT2D eigenvalue weighted by molar-refractivity contribution is 6.36. The molecule has 56 valence electrons. The minimum atomic E-state index is -0.232. The average molecular weight is 180 g/mol. The summed E-state index contributed by atoms with van der Waals surface area (Å²) in [7, 11) is 0.535. The molecule has 0 unspecified atom stereocenters. The van der Waals surface area contributed by atoms with Gasteiger partial charge in [0.25, 0.3) is 0 Å². The summed E-state index contributed by atoms with van der Waals surface area (Å²) in [4.78, 5) is 0. The molecule has 9 heavy (non-hydrogen) atoms. The van der Waals surface area contributed by atoms with Crippen LogP contribution < -0.4 is 0 Å². The van der Waals surface area contributed by atoms with Crippen molar-refractivity contribution < 1.29 is 8.54 Å². The molecule has 0 aromatic heterocycles. The van der Waals surface area contributed by atoms with Crippen LogP contribution in [0.1, 0.15) is 13.3 Å². The van der Waals surface area contributed by atoms with E-state index >= 15 is 0 Å². The maximum atomic E-state index is 5.41. The van der Waals surface area contributed by atoms with Crippen LogP contribution in [0.3, 0.4) is 0 Å². The summed E-state index contributed by atoms with van der Waals surface area (Å²) in [5.74, 6) is 0. The van der Waals surface area contributed by atoms with Crippen LogP contribution in [0.4, 0.5) is 0 Å². The summed E-state index contributed by atoms with van der Waals surface area (Å²) in [5, 5.41) is 0. The van der Waals surface area contributed by atoms with Crippen LogP contribution in [-0.2, 0) is 8.54 Å². The van der Waals surface area contributed by atoms with Crippen molar-refractivity contribution in [2.75, 3.05) is 6.23 Å². The molecular formula is C4H16O2Si3. The standard InChI is InChI=1S/C4H16O2Si3/c1-2-3-8-5-4-9-6-7/h2-4,8-9H2,1,7H3. The smallest absolute Gasteiger partial charge is 0.170 e. The molecule has 0 saturated carbocycles. The molecule has 0 atom stereocenters. The molecule has 0 aliphatic rings. The monoisotopic (exact) mass is 180 g/mol. The Morgan fingerprint density at radius 3 is 2.78 bits per heavy atom. The van der Waals surface area contributed by atoms with E-state index in [2.05, 4.69) is 6.92 Å². The van der Waals surface area contributed by atoms with Crippen molar-refractivity contribution in [2.45, 2.75) is 19.4 Å². The highest BCUT2D eigenvalue weighted by atomic mass is 28.3. The molecule has 0 aliphatic heterocycles. The summed E-state index contributed by atoms with van der Waals surface area (Å²) in [6.45, 7) is 2.21. The Morgan fingerprint density at radius 2 is 2.22 bits per heavy atom. The van der Waals surface area contributed by atoms with E-state index in [9.17, 15) is 0 Å². The molecule has 0 aromatic carbocycles. The van der Waals surface area contributed by atoms with Crippen molar-refractivity contribution in [1.82, 2.24) is 0 Å². The third-order valence-corrected chi connectivity index (χ3v) is 5.31. The van der Waals surface area contributed by atoms with E-state index < -0.39 is 0 Å². The zero-order valence-corrected chi connectivity index (χ0v) is 11.2. The Bertz CT molecular complexity index is 47.1. The van der Waals surface area contributed by atoms with Gasteiger partial charge in [0.05, 0.1) is 0 Å². The fourth-order valence-corrected chi connectivity index (χ4v) is 2.94. The van der Waals surface area contributed by atoms with Crippen molar-refractivity contribution in [1.29, 1.82) is 0 Å². The molecule has 0 saturated heterocycles. The van der Waals surface area contributed by atoms with Gasteiger partial charge in [0.2, 0.25) is 0 Å². The lowest BCUT2D eigenvalue weighted by Crippen LogP contribution is -2.08. The lowest BCUT2D eigenvalue weighted by molar-refractivity contribution is 0.392. The molecule has 0 radical (unpaired) electrons. The first kappa shape index (κ1) is 9.57. The molecule has 0 amide bonds. The second-order valence-corrected chi connectivity index (χ2v) is 6.61. The highest BCUT2D eigenvalue weighted by Crippen LogP contribution is 1.85. The summed E-state index contributed by atoms with van der Waals surface area (Å²) in [6, 6.07) is 1.33. The van der Waals surface area contributed by atoms with Crippen molar-refractivity contribution in [3.63, 3.8) is 0 Å². The maximum absolute atomic E-state index is 5.41. The largest absolute Gasteiger partial charge is 0.466 e. The van der Waals surface area contributed by atoms with Crippen molar-refractivity contribution in [3.8, 4) is 0 Å². The SMILES string of the molecule is CCC[SiH2]OC[SiH2]O[SiH3]. The Labute approximate surface area is 64.8 Å². The van der Waals surface area contributed by atoms with Crippen molar-refractivity contribution in [3.05, 3.63) is 0 Å². The Balaban J connectivity index is 2.60. The molecule has 0 heterocycles. The van der Waals surface area contributed by atoms with Gasteiger partial charge in [-0.05, 0) is 6.04 Å². The fourth-order valence-electron chi connectivity index (χ4n) is 0.491. The van der Waals surface area contributed by atoms with E-state index in [-0.39, 0.29) is 19.5 Å². The van der Waals surface area contributed by atoms with Crippen LogP contribution >= 0.6 is 0 Å². The molecule has 2 nitrogen and oxygen atoms in total. The molecule has 0 aromatic rings. The van der Waals surface area contributed by atoms with E-state index in [1.165, 1.54) is 12.5 Å². The zero-order chi connectivity index (χ0) is 6.95. The quantitative estimate of drug-likeness (QED) is 0.357. The van der Waals surface area contributed by atoms with E-state index in [0.29, 0.717) is 0 Å². The highest BCUT2D eigenvalue weighted by Gasteiger charge is 1.86. The summed E-state index contributed by atoms with van der Waals surface area (Å²) >= 11 is 0. The second-order valence-electron chi connectivity index (χ2n) is 1.96. The Morgan fingerprint density at radius 1 is 1.44 bits per heavy atom. The third kappa shape index (κ3) is 8.57. The fraction of sp³-hybridized carbons (Fsp3) is 1.00. The lowest BCUT2D eigenvalue weighted by Gasteiger charge is -1.99. The average Bonchev–Trinajstić information content (AvgIpc) is 1.89. The number of hydrogen-bond acceptors (Lipinski definition) is 2. The second kappa shape index (κ2) is 8.57. The number of hydrogen-bond donors (Lipinski definition) is 0. The Kier molecular flexibility index (Phi) is 9.11. The first-order valence-corrected chi connectivity index (χ1v) is 7.45. The van der Waals surface area contributed by atoms with E-state index in [4.69, 9.17) is 8.54 Å². The third-order valence-electron chi connectivity index (χ3n) is 1.07. The van der Waals surface area contributed by atoms with Gasteiger partial charge < -0.3 is 8.54 Å². The summed E-state index contributed by atoms with van der Waals surface area (Å²) < 4.78 is 10.5. The first-order chi connectivity index (χ1) is 4.41. The van der Waals surface area contributed by atoms with Gasteiger partial charge in [0.1, 0.15) is 10.5 Å². The van der Waals surface area contributed by atoms with Gasteiger partial charge in [-0.1, -0.05) is 13.3 Å². The van der Waals surface area contributed by atoms with Gasteiger partial charge >= 0.3 is 0 Å². The van der Waals surface area contributed by atoms with Gasteiger partial charge in [0.15, 0.2) is 19.5 Å². The van der Waals surface area contributed by atoms with Crippen molar-refractivity contribution in [2.24, 2.45) is 0 Å². The molecule has 0 fully saturated rings. The van der Waals surface area contributed by atoms with Crippen LogP contribution in [0, 0.1) is 0 Å². The number of rotatable bonds is 6. The van der Waals surface area contributed by atoms with E-state index in [0.717, 1.165) is 16.7 Å². The topological polar surface area (TPSA) is 18.5 Å². The van der Waals surface area contributed by atoms with Gasteiger partial charge in [-0.2, -0.15) is 0 Å². The molecular weight excluding hydrogens is 164 g/mol.